The van der Waals surface area contributed by atoms with E-state index in [0.717, 1.165) is 19.3 Å². The standard InChI is InChI=1S/C29H37.C21H26.C5H5.2ClH.Zr/c1-21-14-13-15-22-20-27(6)25(4)18-10-9-16-23(25,2)24(3)17-11-12-19-26(24,5)29(27,8)28(21,22)7;1-3-5-7-18-9-13-20(14-10-18)17-21-15-11-19(12-16-21)8-6-4-2;1-2-4-5-3-1;;;/h9-20,22H,1-8H3;9-16H,3-8H2,1-2H3;1-3H,4H2;2*1H;/q;;;;;+2/p-2. The molecule has 0 N–H and O–H groups in total. The van der Waals surface area contributed by atoms with Gasteiger partial charge in [0.05, 0.1) is 0 Å². The predicted molar refractivity (Wildman–Crippen MR) is 239 cm³/mol. The Morgan fingerprint density at radius 2 is 1.09 bits per heavy atom. The third kappa shape index (κ3) is 5.70. The Bertz CT molecular complexity index is 2120. The smallest absolute Gasteiger partial charge is 1.00 e. The molecule has 0 bridgehead atoms. The van der Waals surface area contributed by atoms with Crippen LogP contribution in [0.1, 0.15) is 124 Å². The molecule has 0 heterocycles. The number of allylic oxidation sites excluding steroid dienone is 16. The van der Waals surface area contributed by atoms with E-state index in [0.29, 0.717) is 9.54 Å². The van der Waals surface area contributed by atoms with Crippen molar-refractivity contribution in [2.45, 2.75) is 118 Å². The van der Waals surface area contributed by atoms with E-state index in [1.54, 1.807) is 12.1 Å². The number of benzene rings is 2. The summed E-state index contributed by atoms with van der Waals surface area (Å²) >= 11 is -3.00. The quantitative estimate of drug-likeness (QED) is 0.224. The van der Waals surface area contributed by atoms with Crippen molar-refractivity contribution in [3.8, 4) is 0 Å². The third-order valence-corrected chi connectivity index (χ3v) is 27.5. The maximum Gasteiger partial charge on any atom is -1.00 e. The summed E-state index contributed by atoms with van der Waals surface area (Å²) in [4.78, 5) is 0. The maximum absolute atomic E-state index is 3.00. The largest absolute Gasteiger partial charge is 1.00 e. The summed E-state index contributed by atoms with van der Waals surface area (Å²) in [5, 5.41) is 0. The number of hydrogen-bond donors (Lipinski definition) is 0. The van der Waals surface area contributed by atoms with Crippen molar-refractivity contribution < 1.29 is 46.1 Å². The van der Waals surface area contributed by atoms with Gasteiger partial charge in [0.2, 0.25) is 0 Å². The van der Waals surface area contributed by atoms with Crippen LogP contribution in [0.15, 0.2) is 142 Å². The van der Waals surface area contributed by atoms with Crippen LogP contribution in [0.4, 0.5) is 0 Å². The van der Waals surface area contributed by atoms with Gasteiger partial charge in [-0.3, -0.25) is 0 Å². The van der Waals surface area contributed by atoms with Crippen molar-refractivity contribution in [1.82, 2.24) is 0 Å². The predicted octanol–water partition coefficient (Wildman–Crippen LogP) is 8.65. The molecule has 2 aromatic rings. The summed E-state index contributed by atoms with van der Waals surface area (Å²) in [7, 11) is 0. The second-order valence-corrected chi connectivity index (χ2v) is 26.1. The fraction of sp³-hybridized carbons (Fsp3) is 0.473. The van der Waals surface area contributed by atoms with Gasteiger partial charge in [0.1, 0.15) is 0 Å². The van der Waals surface area contributed by atoms with E-state index in [1.165, 1.54) is 47.9 Å². The van der Waals surface area contributed by atoms with Crippen molar-refractivity contribution in [3.63, 3.8) is 0 Å². The number of aryl methyl sites for hydroxylation is 2. The SMILES string of the molecule is CCCCc1ccc([C](c2ccc(CCCC)cc2)=[Zr+2]([C]2=CC=CC2)[CH]2C3C=CC=C(C)C3(C)C3(C)C4(C)C=CC=CC4(C)C4(C)C=CC=CC4(C)C23C)cc1.[Cl-].[Cl-]. The normalized spacial score (nSPS) is 37.0. The fourth-order valence-corrected chi connectivity index (χ4v) is 25.5. The van der Waals surface area contributed by atoms with Crippen molar-refractivity contribution in [3.05, 3.63) is 165 Å². The van der Waals surface area contributed by atoms with Crippen LogP contribution < -0.4 is 24.8 Å². The second-order valence-electron chi connectivity index (χ2n) is 19.7. The van der Waals surface area contributed by atoms with Crippen molar-refractivity contribution in [2.75, 3.05) is 0 Å². The Kier molecular flexibility index (Phi) is 12.6. The topological polar surface area (TPSA) is 0 Å². The zero-order valence-electron chi connectivity index (χ0n) is 37.1. The minimum atomic E-state index is -3.00. The first-order valence-electron chi connectivity index (χ1n) is 22.1. The van der Waals surface area contributed by atoms with Gasteiger partial charge in [0.15, 0.2) is 0 Å². The van der Waals surface area contributed by atoms with Crippen molar-refractivity contribution >= 4 is 3.21 Å². The molecule has 3 heteroatoms. The number of halogens is 2. The summed E-state index contributed by atoms with van der Waals surface area (Å²) in [5.41, 5.74) is 6.79. The molecule has 0 saturated heterocycles. The molecule has 9 unspecified atom stereocenters. The molecule has 306 valence electrons. The summed E-state index contributed by atoms with van der Waals surface area (Å²) in [5.74, 6) is 0.417. The molecule has 9 atom stereocenters. The molecule has 0 radical (unpaired) electrons. The molecule has 0 aliphatic heterocycles. The Labute approximate surface area is 372 Å². The average molecular weight is 891 g/mol. The van der Waals surface area contributed by atoms with Crippen LogP contribution in [-0.4, -0.2) is 3.21 Å². The number of fused-ring (bicyclic) bond motifs is 8. The van der Waals surface area contributed by atoms with Gasteiger partial charge >= 0.3 is 351 Å². The Morgan fingerprint density at radius 1 is 0.603 bits per heavy atom. The van der Waals surface area contributed by atoms with E-state index in [2.05, 4.69) is 203 Å². The van der Waals surface area contributed by atoms with Gasteiger partial charge in [0, 0.05) is 0 Å². The second kappa shape index (κ2) is 16.2. The molecule has 2 fully saturated rings. The van der Waals surface area contributed by atoms with Crippen LogP contribution in [0.5, 0.6) is 0 Å². The molecule has 0 amide bonds. The van der Waals surface area contributed by atoms with Gasteiger partial charge in [-0.1, -0.05) is 0 Å². The van der Waals surface area contributed by atoms with Gasteiger partial charge in [-0.05, 0) is 0 Å². The van der Waals surface area contributed by atoms with E-state index in [4.69, 9.17) is 0 Å². The fourth-order valence-electron chi connectivity index (χ4n) is 14.3. The Balaban J connectivity index is 0.00000283. The van der Waals surface area contributed by atoms with Gasteiger partial charge < -0.3 is 24.8 Å². The Morgan fingerprint density at radius 3 is 1.57 bits per heavy atom. The van der Waals surface area contributed by atoms with Crippen LogP contribution in [-0.2, 0) is 34.1 Å². The minimum Gasteiger partial charge on any atom is -1.00 e. The molecule has 0 nitrogen and oxygen atoms in total. The monoisotopic (exact) mass is 888 g/mol. The van der Waals surface area contributed by atoms with E-state index in [1.807, 2.05) is 0 Å². The average Bonchev–Trinajstić information content (AvgIpc) is 3.79. The Hall–Kier alpha value is -2.31. The number of rotatable bonds is 10. The van der Waals surface area contributed by atoms with Crippen LogP contribution >= 0.6 is 0 Å². The molecular formula is C55H68Cl2Zr. The number of unbranched alkanes of at least 4 members (excludes halogenated alkanes) is 2. The van der Waals surface area contributed by atoms with Crippen LogP contribution in [0.25, 0.3) is 0 Å². The van der Waals surface area contributed by atoms with E-state index >= 15 is 0 Å². The number of hydrogen-bond acceptors (Lipinski definition) is 0. The molecule has 0 spiro atoms. The molecule has 8 rings (SSSR count). The first kappa shape index (κ1) is 45.2. The van der Waals surface area contributed by atoms with Crippen molar-refractivity contribution in [1.29, 1.82) is 0 Å². The van der Waals surface area contributed by atoms with Gasteiger partial charge in [-0.15, -0.1) is 0 Å². The van der Waals surface area contributed by atoms with E-state index in [-0.39, 0.29) is 62.7 Å². The van der Waals surface area contributed by atoms with Crippen LogP contribution in [0.2, 0.25) is 3.63 Å². The molecular weight excluding hydrogens is 823 g/mol. The summed E-state index contributed by atoms with van der Waals surface area (Å²) in [6, 6.07) is 20.0. The molecule has 2 saturated carbocycles. The summed E-state index contributed by atoms with van der Waals surface area (Å²) in [6.07, 6.45) is 43.8. The molecule has 6 aliphatic rings. The zero-order valence-corrected chi connectivity index (χ0v) is 41.0. The van der Waals surface area contributed by atoms with E-state index < -0.39 is 21.3 Å². The molecule has 58 heavy (non-hydrogen) atoms. The molecule has 2 aromatic carbocycles. The maximum atomic E-state index is 2.84. The summed E-state index contributed by atoms with van der Waals surface area (Å²) < 4.78 is 3.98. The van der Waals surface area contributed by atoms with Crippen molar-refractivity contribution in [2.24, 2.45) is 43.8 Å². The summed E-state index contributed by atoms with van der Waals surface area (Å²) in [6.45, 7) is 26.1. The van der Waals surface area contributed by atoms with E-state index in [9.17, 15) is 0 Å². The van der Waals surface area contributed by atoms with Crippen LogP contribution in [0, 0.1) is 43.8 Å². The van der Waals surface area contributed by atoms with Gasteiger partial charge in [0.25, 0.3) is 0 Å². The first-order chi connectivity index (χ1) is 26.7. The zero-order chi connectivity index (χ0) is 39.8. The van der Waals surface area contributed by atoms with Crippen LogP contribution in [0.3, 0.4) is 0 Å². The molecule has 6 aliphatic carbocycles. The van der Waals surface area contributed by atoms with Gasteiger partial charge in [-0.2, -0.15) is 0 Å². The first-order valence-corrected chi connectivity index (χ1v) is 26.0. The van der Waals surface area contributed by atoms with Gasteiger partial charge in [-0.25, -0.2) is 0 Å². The minimum absolute atomic E-state index is 0. The third-order valence-electron chi connectivity index (χ3n) is 18.3. The molecule has 0 aromatic heterocycles.